The van der Waals surface area contributed by atoms with Crippen LogP contribution in [0.15, 0.2) is 67.0 Å². The third kappa shape index (κ3) is 4.00. The van der Waals surface area contributed by atoms with Crippen molar-refractivity contribution in [2.75, 3.05) is 10.6 Å². The van der Waals surface area contributed by atoms with E-state index in [1.807, 2.05) is 6.07 Å². The van der Waals surface area contributed by atoms with Gasteiger partial charge in [-0.15, -0.1) is 0 Å². The number of anilines is 4. The lowest BCUT2D eigenvalue weighted by molar-refractivity contribution is -0.126. The zero-order chi connectivity index (χ0) is 22.9. The molecule has 0 aliphatic carbocycles. The number of benzene rings is 2. The van der Waals surface area contributed by atoms with Crippen molar-refractivity contribution in [3.63, 3.8) is 0 Å². The highest BCUT2D eigenvalue weighted by Gasteiger charge is 2.38. The summed E-state index contributed by atoms with van der Waals surface area (Å²) in [7, 11) is 0. The van der Waals surface area contributed by atoms with Gasteiger partial charge in [0.05, 0.1) is 5.69 Å². The van der Waals surface area contributed by atoms with Crippen LogP contribution in [0.5, 0.6) is 0 Å². The van der Waals surface area contributed by atoms with Crippen LogP contribution in [0.4, 0.5) is 27.5 Å². The SMILES string of the molecule is C=C1CCC(N2Cc3c(Nc4ccnc(Nc5ccccc5F)n4)cccc3C2=O)C(=O)N1. The molecule has 8 nitrogen and oxygen atoms in total. The number of halogens is 1. The summed E-state index contributed by atoms with van der Waals surface area (Å²) < 4.78 is 13.9. The Morgan fingerprint density at radius 2 is 1.88 bits per heavy atom. The van der Waals surface area contributed by atoms with Gasteiger partial charge in [-0.25, -0.2) is 9.37 Å². The Balaban J connectivity index is 1.37. The predicted molar refractivity (Wildman–Crippen MR) is 122 cm³/mol. The van der Waals surface area contributed by atoms with Crippen molar-refractivity contribution < 1.29 is 14.0 Å². The predicted octanol–water partition coefficient (Wildman–Crippen LogP) is 3.85. The summed E-state index contributed by atoms with van der Waals surface area (Å²) >= 11 is 0. The van der Waals surface area contributed by atoms with E-state index < -0.39 is 11.9 Å². The van der Waals surface area contributed by atoms with Crippen molar-refractivity contribution in [3.05, 3.63) is 83.9 Å². The topological polar surface area (TPSA) is 99.2 Å². The average Bonchev–Trinajstić information content (AvgIpc) is 3.13. The van der Waals surface area contributed by atoms with Gasteiger partial charge < -0.3 is 20.9 Å². The van der Waals surface area contributed by atoms with E-state index in [0.29, 0.717) is 42.2 Å². The largest absolute Gasteiger partial charge is 0.340 e. The van der Waals surface area contributed by atoms with E-state index in [1.165, 1.54) is 6.07 Å². The summed E-state index contributed by atoms with van der Waals surface area (Å²) in [6.07, 6.45) is 2.74. The number of hydrogen-bond acceptors (Lipinski definition) is 6. The molecule has 0 bridgehead atoms. The smallest absolute Gasteiger partial charge is 0.255 e. The lowest BCUT2D eigenvalue weighted by Crippen LogP contribution is -2.49. The normalized spacial score (nSPS) is 17.5. The van der Waals surface area contributed by atoms with E-state index in [9.17, 15) is 14.0 Å². The quantitative estimate of drug-likeness (QED) is 0.553. The number of aromatic nitrogens is 2. The van der Waals surface area contributed by atoms with Crippen molar-refractivity contribution >= 4 is 35.0 Å². The number of nitrogens with one attached hydrogen (secondary N) is 3. The Bertz CT molecular complexity index is 1280. The van der Waals surface area contributed by atoms with Crippen LogP contribution >= 0.6 is 0 Å². The Morgan fingerprint density at radius 3 is 2.70 bits per heavy atom. The molecule has 2 aromatic carbocycles. The van der Waals surface area contributed by atoms with Gasteiger partial charge in [-0.1, -0.05) is 24.8 Å². The lowest BCUT2D eigenvalue weighted by atomic mass is 10.0. The standard InChI is InChI=1S/C24H21FN6O2/c1-14-9-10-20(22(32)27-14)31-13-16-15(23(31)33)5-4-8-18(16)28-21-11-12-26-24(30-21)29-19-7-3-2-6-17(19)25/h2-8,11-12,20H,1,9-10,13H2,(H,27,32)(H2,26,28,29,30). The highest BCUT2D eigenvalue weighted by molar-refractivity contribution is 6.03. The summed E-state index contributed by atoms with van der Waals surface area (Å²) in [5, 5.41) is 8.84. The molecule has 1 saturated heterocycles. The summed E-state index contributed by atoms with van der Waals surface area (Å²) in [6, 6.07) is 12.8. The fourth-order valence-electron chi connectivity index (χ4n) is 4.09. The van der Waals surface area contributed by atoms with Crippen molar-refractivity contribution in [3.8, 4) is 0 Å². The average molecular weight is 444 g/mol. The van der Waals surface area contributed by atoms with Crippen LogP contribution in [0.2, 0.25) is 0 Å². The second-order valence-corrected chi connectivity index (χ2v) is 7.91. The minimum absolute atomic E-state index is 0.175. The van der Waals surface area contributed by atoms with E-state index in [-0.39, 0.29) is 23.5 Å². The molecule has 2 aliphatic rings. The molecule has 0 radical (unpaired) electrons. The number of rotatable bonds is 5. The van der Waals surface area contributed by atoms with Gasteiger partial charge in [0.2, 0.25) is 11.9 Å². The molecule has 5 rings (SSSR count). The molecule has 3 N–H and O–H groups in total. The molecule has 0 saturated carbocycles. The second kappa shape index (κ2) is 8.34. The molecule has 1 fully saturated rings. The first-order chi connectivity index (χ1) is 16.0. The van der Waals surface area contributed by atoms with Gasteiger partial charge in [-0.05, 0) is 43.2 Å². The fourth-order valence-corrected chi connectivity index (χ4v) is 4.09. The minimum Gasteiger partial charge on any atom is -0.340 e. The Hall–Kier alpha value is -4.27. The number of para-hydroxylation sites is 1. The molecule has 9 heteroatoms. The van der Waals surface area contributed by atoms with Gasteiger partial charge >= 0.3 is 0 Å². The number of allylic oxidation sites excluding steroid dienone is 1. The van der Waals surface area contributed by atoms with Gasteiger partial charge in [0.1, 0.15) is 17.7 Å². The van der Waals surface area contributed by atoms with Gasteiger partial charge in [0, 0.05) is 35.3 Å². The van der Waals surface area contributed by atoms with Crippen LogP contribution in [0.3, 0.4) is 0 Å². The van der Waals surface area contributed by atoms with Crippen LogP contribution in [0.25, 0.3) is 0 Å². The zero-order valence-corrected chi connectivity index (χ0v) is 17.6. The maximum Gasteiger partial charge on any atom is 0.255 e. The molecule has 2 aliphatic heterocycles. The van der Waals surface area contributed by atoms with Gasteiger partial charge in [0.15, 0.2) is 0 Å². The number of amides is 2. The van der Waals surface area contributed by atoms with Gasteiger partial charge in [-0.2, -0.15) is 4.98 Å². The highest BCUT2D eigenvalue weighted by Crippen LogP contribution is 2.34. The number of carbonyl (C=O) groups excluding carboxylic acids is 2. The van der Waals surface area contributed by atoms with E-state index in [1.54, 1.807) is 47.5 Å². The van der Waals surface area contributed by atoms with Crippen LogP contribution < -0.4 is 16.0 Å². The van der Waals surface area contributed by atoms with Gasteiger partial charge in [0.25, 0.3) is 5.91 Å². The van der Waals surface area contributed by atoms with Crippen LogP contribution in [0.1, 0.15) is 28.8 Å². The van der Waals surface area contributed by atoms with Crippen LogP contribution in [0, 0.1) is 5.82 Å². The van der Waals surface area contributed by atoms with Crippen molar-refractivity contribution in [1.82, 2.24) is 20.2 Å². The summed E-state index contributed by atoms with van der Waals surface area (Å²) in [4.78, 5) is 35.6. The maximum atomic E-state index is 13.9. The minimum atomic E-state index is -0.529. The Kier molecular flexibility index (Phi) is 5.21. The molecule has 166 valence electrons. The van der Waals surface area contributed by atoms with E-state index in [4.69, 9.17) is 0 Å². The van der Waals surface area contributed by atoms with Crippen LogP contribution in [-0.4, -0.2) is 32.7 Å². The number of hydrogen-bond donors (Lipinski definition) is 3. The molecule has 1 aromatic heterocycles. The Labute approximate surface area is 189 Å². The number of nitrogens with zero attached hydrogens (tertiary/aromatic N) is 3. The van der Waals surface area contributed by atoms with E-state index in [0.717, 1.165) is 5.56 Å². The molecule has 3 heterocycles. The van der Waals surface area contributed by atoms with Gasteiger partial charge in [-0.3, -0.25) is 9.59 Å². The van der Waals surface area contributed by atoms with Crippen molar-refractivity contribution in [1.29, 1.82) is 0 Å². The molecular formula is C24H21FN6O2. The number of fused-ring (bicyclic) bond motifs is 1. The highest BCUT2D eigenvalue weighted by atomic mass is 19.1. The first kappa shape index (κ1) is 20.6. The van der Waals surface area contributed by atoms with Crippen molar-refractivity contribution in [2.24, 2.45) is 0 Å². The molecule has 3 aromatic rings. The Morgan fingerprint density at radius 1 is 1.06 bits per heavy atom. The third-order valence-corrected chi connectivity index (χ3v) is 5.73. The van der Waals surface area contributed by atoms with Crippen LogP contribution in [-0.2, 0) is 11.3 Å². The van der Waals surface area contributed by atoms with E-state index in [2.05, 4.69) is 32.5 Å². The monoisotopic (exact) mass is 444 g/mol. The maximum absolute atomic E-state index is 13.9. The first-order valence-electron chi connectivity index (χ1n) is 10.5. The molecular weight excluding hydrogens is 423 g/mol. The molecule has 2 amide bonds. The first-order valence-corrected chi connectivity index (χ1v) is 10.5. The van der Waals surface area contributed by atoms with Crippen molar-refractivity contribution in [2.45, 2.75) is 25.4 Å². The lowest BCUT2D eigenvalue weighted by Gasteiger charge is -2.31. The fraction of sp³-hybridized carbons (Fsp3) is 0.167. The number of carbonyl (C=O) groups is 2. The third-order valence-electron chi connectivity index (χ3n) is 5.73. The molecule has 1 unspecified atom stereocenters. The molecule has 33 heavy (non-hydrogen) atoms. The zero-order valence-electron chi connectivity index (χ0n) is 17.6. The van der Waals surface area contributed by atoms with E-state index >= 15 is 0 Å². The summed E-state index contributed by atoms with van der Waals surface area (Å²) in [6.45, 7) is 4.11. The second-order valence-electron chi connectivity index (χ2n) is 7.91. The summed E-state index contributed by atoms with van der Waals surface area (Å²) in [5.41, 5.74) is 2.99. The molecule has 1 atom stereocenters. The molecule has 0 spiro atoms. The summed E-state index contributed by atoms with van der Waals surface area (Å²) in [5.74, 6) is -0.0777. The number of piperidine rings is 1.